The SMILES string of the molecule is CCc1ccsc1C(=O)c1c(C)cc(C)cc1F. The number of carbonyl (C=O) groups excluding carboxylic acids is 1. The Labute approximate surface area is 110 Å². The van der Waals surface area contributed by atoms with Gasteiger partial charge in [0.05, 0.1) is 10.4 Å². The van der Waals surface area contributed by atoms with Gasteiger partial charge in [0.1, 0.15) is 5.82 Å². The lowest BCUT2D eigenvalue weighted by Gasteiger charge is -2.08. The molecule has 94 valence electrons. The van der Waals surface area contributed by atoms with Crippen LogP contribution in [0.4, 0.5) is 4.39 Å². The molecule has 18 heavy (non-hydrogen) atoms. The van der Waals surface area contributed by atoms with Crippen LogP contribution in [-0.4, -0.2) is 5.78 Å². The van der Waals surface area contributed by atoms with Crippen LogP contribution in [0.1, 0.15) is 38.8 Å². The Morgan fingerprint density at radius 2 is 2.06 bits per heavy atom. The third kappa shape index (κ3) is 2.23. The fourth-order valence-corrected chi connectivity index (χ4v) is 3.07. The molecule has 0 radical (unpaired) electrons. The van der Waals surface area contributed by atoms with Crippen molar-refractivity contribution < 1.29 is 9.18 Å². The lowest BCUT2D eigenvalue weighted by atomic mass is 9.99. The maximum Gasteiger partial charge on any atom is 0.206 e. The van der Waals surface area contributed by atoms with Crippen molar-refractivity contribution in [1.82, 2.24) is 0 Å². The zero-order valence-electron chi connectivity index (χ0n) is 10.7. The molecule has 2 aromatic rings. The Bertz CT molecular complexity index is 575. The molecule has 1 nitrogen and oxygen atoms in total. The molecule has 0 bridgehead atoms. The molecule has 0 aliphatic carbocycles. The van der Waals surface area contributed by atoms with Crippen molar-refractivity contribution in [1.29, 1.82) is 0 Å². The number of carbonyl (C=O) groups is 1. The number of hydrogen-bond donors (Lipinski definition) is 0. The molecule has 1 aromatic carbocycles. The summed E-state index contributed by atoms with van der Waals surface area (Å²) >= 11 is 1.38. The Hall–Kier alpha value is -1.48. The maximum atomic E-state index is 14.0. The summed E-state index contributed by atoms with van der Waals surface area (Å²) in [7, 11) is 0. The molecule has 0 atom stereocenters. The van der Waals surface area contributed by atoms with Crippen molar-refractivity contribution in [3.05, 3.63) is 56.5 Å². The maximum absolute atomic E-state index is 14.0. The first-order chi connectivity index (χ1) is 8.54. The van der Waals surface area contributed by atoms with E-state index in [9.17, 15) is 9.18 Å². The third-order valence-electron chi connectivity index (χ3n) is 2.99. The molecular formula is C15H15FOS. The monoisotopic (exact) mass is 262 g/mol. The second-order valence-electron chi connectivity index (χ2n) is 4.40. The number of hydrogen-bond acceptors (Lipinski definition) is 2. The van der Waals surface area contributed by atoms with Gasteiger partial charge in [-0.1, -0.05) is 13.0 Å². The van der Waals surface area contributed by atoms with Crippen LogP contribution in [0, 0.1) is 19.7 Å². The van der Waals surface area contributed by atoms with E-state index in [1.807, 2.05) is 31.4 Å². The van der Waals surface area contributed by atoms with E-state index in [4.69, 9.17) is 0 Å². The molecule has 1 aromatic heterocycles. The van der Waals surface area contributed by atoms with Gasteiger partial charge in [0.2, 0.25) is 5.78 Å². The molecule has 0 amide bonds. The summed E-state index contributed by atoms with van der Waals surface area (Å²) in [5, 5.41) is 1.88. The summed E-state index contributed by atoms with van der Waals surface area (Å²) in [5.74, 6) is -0.621. The molecule has 0 spiro atoms. The molecule has 0 unspecified atom stereocenters. The van der Waals surface area contributed by atoms with Crippen molar-refractivity contribution in [2.45, 2.75) is 27.2 Å². The van der Waals surface area contributed by atoms with Crippen LogP contribution in [0.15, 0.2) is 23.6 Å². The molecular weight excluding hydrogens is 247 g/mol. The van der Waals surface area contributed by atoms with Gasteiger partial charge in [-0.15, -0.1) is 11.3 Å². The third-order valence-corrected chi connectivity index (χ3v) is 3.95. The molecule has 0 saturated heterocycles. The second-order valence-corrected chi connectivity index (χ2v) is 5.31. The van der Waals surface area contributed by atoms with Crippen molar-refractivity contribution in [2.75, 3.05) is 0 Å². The second kappa shape index (κ2) is 5.02. The zero-order chi connectivity index (χ0) is 13.3. The van der Waals surface area contributed by atoms with E-state index < -0.39 is 5.82 Å². The predicted molar refractivity (Wildman–Crippen MR) is 73.0 cm³/mol. The summed E-state index contributed by atoms with van der Waals surface area (Å²) in [4.78, 5) is 13.1. The number of benzene rings is 1. The normalized spacial score (nSPS) is 10.7. The first kappa shape index (κ1) is 13.0. The van der Waals surface area contributed by atoms with E-state index in [1.54, 1.807) is 6.92 Å². The van der Waals surface area contributed by atoms with Gasteiger partial charge in [-0.05, 0) is 54.5 Å². The Morgan fingerprint density at radius 1 is 1.33 bits per heavy atom. The van der Waals surface area contributed by atoms with Crippen molar-refractivity contribution in [3.8, 4) is 0 Å². The average Bonchev–Trinajstić information content (AvgIpc) is 2.75. The van der Waals surface area contributed by atoms with Crippen molar-refractivity contribution >= 4 is 17.1 Å². The number of rotatable bonds is 3. The highest BCUT2D eigenvalue weighted by molar-refractivity contribution is 7.12. The molecule has 0 fully saturated rings. The number of halogens is 1. The van der Waals surface area contributed by atoms with Gasteiger partial charge in [0.25, 0.3) is 0 Å². The highest BCUT2D eigenvalue weighted by Gasteiger charge is 2.20. The number of aryl methyl sites for hydroxylation is 3. The van der Waals surface area contributed by atoms with E-state index in [0.717, 1.165) is 17.5 Å². The summed E-state index contributed by atoms with van der Waals surface area (Å²) in [5.41, 5.74) is 2.73. The first-order valence-electron chi connectivity index (χ1n) is 5.92. The lowest BCUT2D eigenvalue weighted by molar-refractivity contribution is 0.103. The van der Waals surface area contributed by atoms with Crippen LogP contribution < -0.4 is 0 Å². The Morgan fingerprint density at radius 3 is 2.67 bits per heavy atom. The minimum Gasteiger partial charge on any atom is -0.288 e. The van der Waals surface area contributed by atoms with Crippen molar-refractivity contribution in [2.24, 2.45) is 0 Å². The Kier molecular flexibility index (Phi) is 3.62. The fourth-order valence-electron chi connectivity index (χ4n) is 2.13. The van der Waals surface area contributed by atoms with Gasteiger partial charge in [-0.25, -0.2) is 4.39 Å². The Balaban J connectivity index is 2.53. The highest BCUT2D eigenvalue weighted by atomic mass is 32.1. The quantitative estimate of drug-likeness (QED) is 0.754. The number of thiophene rings is 1. The van der Waals surface area contributed by atoms with Crippen LogP contribution in [0.3, 0.4) is 0 Å². The molecule has 3 heteroatoms. The van der Waals surface area contributed by atoms with Gasteiger partial charge in [0, 0.05) is 0 Å². The molecule has 2 rings (SSSR count). The summed E-state index contributed by atoms with van der Waals surface area (Å²) in [6.45, 7) is 5.60. The molecule has 0 aliphatic rings. The van der Waals surface area contributed by atoms with Gasteiger partial charge in [0.15, 0.2) is 0 Å². The van der Waals surface area contributed by atoms with Gasteiger partial charge in [-0.3, -0.25) is 4.79 Å². The summed E-state index contributed by atoms with van der Waals surface area (Å²) < 4.78 is 14.0. The minimum absolute atomic E-state index is 0.197. The van der Waals surface area contributed by atoms with E-state index >= 15 is 0 Å². The van der Waals surface area contributed by atoms with Crippen LogP contribution in [-0.2, 0) is 6.42 Å². The van der Waals surface area contributed by atoms with Gasteiger partial charge in [-0.2, -0.15) is 0 Å². The lowest BCUT2D eigenvalue weighted by Crippen LogP contribution is -2.07. The first-order valence-corrected chi connectivity index (χ1v) is 6.80. The van der Waals surface area contributed by atoms with Crippen LogP contribution in [0.25, 0.3) is 0 Å². The number of ketones is 1. The fraction of sp³-hybridized carbons (Fsp3) is 0.267. The largest absolute Gasteiger partial charge is 0.288 e. The minimum atomic E-state index is -0.423. The van der Waals surface area contributed by atoms with Crippen LogP contribution in [0.5, 0.6) is 0 Å². The van der Waals surface area contributed by atoms with Gasteiger partial charge < -0.3 is 0 Å². The van der Waals surface area contributed by atoms with Gasteiger partial charge >= 0.3 is 0 Å². The molecule has 1 heterocycles. The molecule has 0 N–H and O–H groups in total. The zero-order valence-corrected chi connectivity index (χ0v) is 11.5. The van der Waals surface area contributed by atoms with E-state index in [1.165, 1.54) is 17.4 Å². The van der Waals surface area contributed by atoms with Crippen molar-refractivity contribution in [3.63, 3.8) is 0 Å². The van der Waals surface area contributed by atoms with Crippen LogP contribution >= 0.6 is 11.3 Å². The average molecular weight is 262 g/mol. The van der Waals surface area contributed by atoms with E-state index in [-0.39, 0.29) is 11.3 Å². The predicted octanol–water partition coefficient (Wildman–Crippen LogP) is 4.30. The van der Waals surface area contributed by atoms with E-state index in [0.29, 0.717) is 10.4 Å². The van der Waals surface area contributed by atoms with E-state index in [2.05, 4.69) is 0 Å². The summed E-state index contributed by atoms with van der Waals surface area (Å²) in [6.07, 6.45) is 0.789. The van der Waals surface area contributed by atoms with Crippen LogP contribution in [0.2, 0.25) is 0 Å². The smallest absolute Gasteiger partial charge is 0.206 e. The highest BCUT2D eigenvalue weighted by Crippen LogP contribution is 2.25. The molecule has 0 aliphatic heterocycles. The topological polar surface area (TPSA) is 17.1 Å². The summed E-state index contributed by atoms with van der Waals surface area (Å²) in [6, 6.07) is 5.19. The molecule has 0 saturated carbocycles. The standard InChI is InChI=1S/C15H15FOS/c1-4-11-5-6-18-15(11)14(17)13-10(3)7-9(2)8-12(13)16/h5-8H,4H2,1-3H3.